The van der Waals surface area contributed by atoms with Crippen molar-refractivity contribution in [2.24, 2.45) is 0 Å². The predicted octanol–water partition coefficient (Wildman–Crippen LogP) is 2.77. The average Bonchev–Trinajstić information content (AvgIpc) is 3.18. The lowest BCUT2D eigenvalue weighted by Crippen LogP contribution is -2.51. The molecule has 2 heterocycles. The fourth-order valence-corrected chi connectivity index (χ4v) is 3.42. The summed E-state index contributed by atoms with van der Waals surface area (Å²) < 4.78 is 49.0. The Morgan fingerprint density at radius 2 is 1.93 bits per heavy atom. The molecule has 0 N–H and O–H groups in total. The fourth-order valence-electron chi connectivity index (χ4n) is 3.42. The molecule has 6 nitrogen and oxygen atoms in total. The zero-order valence-corrected chi connectivity index (χ0v) is 15.8. The zero-order valence-electron chi connectivity index (χ0n) is 15.8. The molecule has 1 aromatic heterocycles. The molecule has 1 aromatic carbocycles. The Hall–Kier alpha value is -2.81. The van der Waals surface area contributed by atoms with Crippen LogP contribution in [0, 0.1) is 0 Å². The molecule has 0 fully saturated rings. The summed E-state index contributed by atoms with van der Waals surface area (Å²) in [6.07, 6.45) is -2.90. The number of alkyl halides is 3. The molecule has 29 heavy (non-hydrogen) atoms. The maximum Gasteiger partial charge on any atom is 0.406 e. The van der Waals surface area contributed by atoms with Crippen LogP contribution in [-0.4, -0.2) is 54.1 Å². The lowest BCUT2D eigenvalue weighted by molar-refractivity contribution is -0.165. The van der Waals surface area contributed by atoms with Crippen LogP contribution in [0.4, 0.5) is 13.2 Å². The molecule has 1 aliphatic rings. The Bertz CT molecular complexity index is 852. The first-order valence-corrected chi connectivity index (χ1v) is 9.02. The van der Waals surface area contributed by atoms with Gasteiger partial charge in [0.2, 0.25) is 5.91 Å². The Morgan fingerprint density at radius 3 is 2.55 bits per heavy atom. The van der Waals surface area contributed by atoms with Gasteiger partial charge in [0.15, 0.2) is 0 Å². The lowest BCUT2D eigenvalue weighted by atomic mass is 9.94. The van der Waals surface area contributed by atoms with Gasteiger partial charge < -0.3 is 14.1 Å². The molecule has 0 spiro atoms. The van der Waals surface area contributed by atoms with Gasteiger partial charge in [0.05, 0.1) is 26.5 Å². The van der Waals surface area contributed by atoms with Crippen LogP contribution in [0.5, 0.6) is 0 Å². The third-order valence-corrected chi connectivity index (χ3v) is 4.81. The summed E-state index contributed by atoms with van der Waals surface area (Å²) in [5, 5.41) is 0. The van der Waals surface area contributed by atoms with Crippen LogP contribution < -0.4 is 0 Å². The van der Waals surface area contributed by atoms with E-state index in [1.54, 1.807) is 11.0 Å². The average molecular weight is 410 g/mol. The number of methoxy groups -OCH3 is 1. The van der Waals surface area contributed by atoms with Crippen LogP contribution in [0.25, 0.3) is 0 Å². The van der Waals surface area contributed by atoms with E-state index in [0.717, 1.165) is 11.1 Å². The lowest BCUT2D eigenvalue weighted by Gasteiger charge is -2.36. The largest absolute Gasteiger partial charge is 0.468 e. The smallest absolute Gasteiger partial charge is 0.406 e. The third kappa shape index (κ3) is 5.38. The molecule has 3 rings (SSSR count). The number of carbonyl (C=O) groups excluding carboxylic acids is 2. The van der Waals surface area contributed by atoms with Gasteiger partial charge in [-0.2, -0.15) is 13.2 Å². The summed E-state index contributed by atoms with van der Waals surface area (Å²) in [6.45, 7) is -1.79. The van der Waals surface area contributed by atoms with Crippen molar-refractivity contribution >= 4 is 11.9 Å². The van der Waals surface area contributed by atoms with E-state index in [2.05, 4.69) is 0 Å². The number of hydrogen-bond donors (Lipinski definition) is 0. The molecule has 0 radical (unpaired) electrons. The van der Waals surface area contributed by atoms with Gasteiger partial charge in [-0.25, -0.2) is 0 Å². The highest BCUT2D eigenvalue weighted by atomic mass is 19.4. The normalized spacial score (nSPS) is 16.9. The molecule has 2 aromatic rings. The summed E-state index contributed by atoms with van der Waals surface area (Å²) in [6, 6.07) is 9.75. The maximum absolute atomic E-state index is 13.0. The number of carbonyl (C=O) groups is 2. The van der Waals surface area contributed by atoms with E-state index in [1.165, 1.54) is 19.4 Å². The number of esters is 1. The molecule has 1 unspecified atom stereocenters. The molecule has 1 atom stereocenters. The van der Waals surface area contributed by atoms with E-state index in [-0.39, 0.29) is 25.4 Å². The Kier molecular flexibility index (Phi) is 6.26. The minimum Gasteiger partial charge on any atom is -0.468 e. The van der Waals surface area contributed by atoms with E-state index >= 15 is 0 Å². The molecule has 0 bridgehead atoms. The number of ether oxygens (including phenoxy) is 1. The zero-order chi connectivity index (χ0) is 21.0. The van der Waals surface area contributed by atoms with Crippen molar-refractivity contribution in [1.82, 2.24) is 9.80 Å². The maximum atomic E-state index is 13.0. The minimum absolute atomic E-state index is 0.246. The van der Waals surface area contributed by atoms with Crippen molar-refractivity contribution in [3.63, 3.8) is 0 Å². The van der Waals surface area contributed by atoms with Gasteiger partial charge in [0.1, 0.15) is 18.3 Å². The van der Waals surface area contributed by atoms with Crippen molar-refractivity contribution < 1.29 is 31.9 Å². The Morgan fingerprint density at radius 1 is 1.21 bits per heavy atom. The number of fused-ring (bicyclic) bond motifs is 1. The van der Waals surface area contributed by atoms with Crippen LogP contribution in [0.2, 0.25) is 0 Å². The van der Waals surface area contributed by atoms with E-state index in [4.69, 9.17) is 9.15 Å². The highest BCUT2D eigenvalue weighted by Gasteiger charge is 2.37. The summed E-state index contributed by atoms with van der Waals surface area (Å²) in [4.78, 5) is 27.3. The fraction of sp³-hybridized carbons (Fsp3) is 0.400. The van der Waals surface area contributed by atoms with E-state index < -0.39 is 30.6 Å². The summed E-state index contributed by atoms with van der Waals surface area (Å²) in [5.41, 5.74) is 1.88. The minimum atomic E-state index is -4.56. The summed E-state index contributed by atoms with van der Waals surface area (Å²) in [5.74, 6) is -1.02. The van der Waals surface area contributed by atoms with Crippen molar-refractivity contribution in [2.75, 3.05) is 20.2 Å². The molecule has 1 aliphatic heterocycles. The van der Waals surface area contributed by atoms with Gasteiger partial charge in [0, 0.05) is 6.54 Å². The van der Waals surface area contributed by atoms with Crippen LogP contribution >= 0.6 is 0 Å². The first kappa shape index (κ1) is 20.9. The third-order valence-electron chi connectivity index (χ3n) is 4.81. The SMILES string of the molecule is COC(=O)C1Cc2ccccc2CN1CC(=O)N(Cc1ccco1)CC(F)(F)F. The van der Waals surface area contributed by atoms with Crippen molar-refractivity contribution in [3.05, 3.63) is 59.5 Å². The molecular weight excluding hydrogens is 389 g/mol. The number of halogens is 3. The van der Waals surface area contributed by atoms with Crippen molar-refractivity contribution in [3.8, 4) is 0 Å². The summed E-state index contributed by atoms with van der Waals surface area (Å²) in [7, 11) is 1.25. The molecule has 9 heteroatoms. The molecule has 156 valence electrons. The van der Waals surface area contributed by atoms with Gasteiger partial charge in [-0.05, 0) is 29.7 Å². The number of benzene rings is 1. The molecule has 0 aliphatic carbocycles. The van der Waals surface area contributed by atoms with Crippen molar-refractivity contribution in [2.45, 2.75) is 31.7 Å². The highest BCUT2D eigenvalue weighted by molar-refractivity contribution is 5.81. The monoisotopic (exact) mass is 410 g/mol. The second kappa shape index (κ2) is 8.69. The quantitative estimate of drug-likeness (QED) is 0.686. The molecular formula is C20H21F3N2O4. The number of nitrogens with zero attached hydrogens (tertiary/aromatic N) is 2. The van der Waals surface area contributed by atoms with Crippen LogP contribution in [0.15, 0.2) is 47.1 Å². The topological polar surface area (TPSA) is 63.0 Å². The number of hydrogen-bond acceptors (Lipinski definition) is 5. The Labute approximate surface area is 165 Å². The van der Waals surface area contributed by atoms with E-state index in [9.17, 15) is 22.8 Å². The molecule has 0 saturated carbocycles. The van der Waals surface area contributed by atoms with Gasteiger partial charge in [-0.15, -0.1) is 0 Å². The van der Waals surface area contributed by atoms with Crippen LogP contribution in [-0.2, 0) is 33.8 Å². The van der Waals surface area contributed by atoms with Gasteiger partial charge in [0.25, 0.3) is 0 Å². The Balaban J connectivity index is 1.79. The predicted molar refractivity (Wildman–Crippen MR) is 96.5 cm³/mol. The van der Waals surface area contributed by atoms with E-state index in [1.807, 2.05) is 24.3 Å². The number of rotatable bonds is 6. The van der Waals surface area contributed by atoms with Crippen LogP contribution in [0.1, 0.15) is 16.9 Å². The van der Waals surface area contributed by atoms with Crippen LogP contribution in [0.3, 0.4) is 0 Å². The highest BCUT2D eigenvalue weighted by Crippen LogP contribution is 2.25. The van der Waals surface area contributed by atoms with E-state index in [0.29, 0.717) is 11.3 Å². The summed E-state index contributed by atoms with van der Waals surface area (Å²) >= 11 is 0. The van der Waals surface area contributed by atoms with Crippen molar-refractivity contribution in [1.29, 1.82) is 0 Å². The van der Waals surface area contributed by atoms with Gasteiger partial charge >= 0.3 is 12.1 Å². The second-order valence-electron chi connectivity index (χ2n) is 6.86. The standard InChI is InChI=1S/C20H21F3N2O4/c1-28-19(27)17-9-14-5-2-3-6-15(14)10-24(17)12-18(26)25(13-20(21,22)23)11-16-7-4-8-29-16/h2-8,17H,9-13H2,1H3. The van der Waals surface area contributed by atoms with Gasteiger partial charge in [-0.3, -0.25) is 14.5 Å². The second-order valence-corrected chi connectivity index (χ2v) is 6.86. The first-order chi connectivity index (χ1) is 13.8. The van der Waals surface area contributed by atoms with Gasteiger partial charge in [-0.1, -0.05) is 24.3 Å². The first-order valence-electron chi connectivity index (χ1n) is 9.02. The molecule has 1 amide bonds. The number of amides is 1. The molecule has 0 saturated heterocycles. The number of furan rings is 1.